The highest BCUT2D eigenvalue weighted by Gasteiger charge is 2.33. The van der Waals surface area contributed by atoms with Crippen LogP contribution in [0, 0.1) is 5.41 Å². The van der Waals surface area contributed by atoms with Crippen LogP contribution in [0.25, 0.3) is 0 Å². The van der Waals surface area contributed by atoms with E-state index < -0.39 is 0 Å². The highest BCUT2D eigenvalue weighted by Crippen LogP contribution is 2.40. The van der Waals surface area contributed by atoms with E-state index in [-0.39, 0.29) is 0 Å². The van der Waals surface area contributed by atoms with Crippen molar-refractivity contribution < 1.29 is 9.47 Å². The van der Waals surface area contributed by atoms with Crippen LogP contribution in [-0.2, 0) is 9.47 Å². The molecule has 0 atom stereocenters. The van der Waals surface area contributed by atoms with Crippen LogP contribution in [0.4, 0.5) is 0 Å². The maximum absolute atomic E-state index is 5.30. The first-order valence-electron chi connectivity index (χ1n) is 8.77. The topological polar surface area (TPSA) is 58.1 Å². The third-order valence-electron chi connectivity index (χ3n) is 4.82. The number of ether oxygens (including phenoxy) is 2. The summed E-state index contributed by atoms with van der Waals surface area (Å²) in [5.74, 6) is 0.897. The molecular formula is C17H36N4O2. The maximum Gasteiger partial charge on any atom is 0.191 e. The van der Waals surface area contributed by atoms with Gasteiger partial charge in [0.05, 0.1) is 6.61 Å². The number of hydrogen-bond donors (Lipinski definition) is 2. The highest BCUT2D eigenvalue weighted by atomic mass is 16.5. The van der Waals surface area contributed by atoms with Gasteiger partial charge in [0, 0.05) is 54.1 Å². The molecule has 1 aliphatic rings. The lowest BCUT2D eigenvalue weighted by Gasteiger charge is -2.30. The van der Waals surface area contributed by atoms with Gasteiger partial charge in [-0.05, 0) is 31.7 Å². The van der Waals surface area contributed by atoms with Crippen LogP contribution in [0.5, 0.6) is 0 Å². The Labute approximate surface area is 142 Å². The minimum absolute atomic E-state index is 0.378. The second kappa shape index (κ2) is 11.6. The molecule has 1 fully saturated rings. The summed E-state index contributed by atoms with van der Waals surface area (Å²) in [4.78, 5) is 6.59. The Morgan fingerprint density at radius 3 is 2.39 bits per heavy atom. The number of nitrogens with zero attached hydrogens (tertiary/aromatic N) is 2. The number of rotatable bonds is 11. The van der Waals surface area contributed by atoms with Crippen molar-refractivity contribution in [1.29, 1.82) is 0 Å². The molecule has 0 unspecified atom stereocenters. The van der Waals surface area contributed by atoms with Gasteiger partial charge in [-0.1, -0.05) is 12.8 Å². The van der Waals surface area contributed by atoms with Crippen molar-refractivity contribution in [3.63, 3.8) is 0 Å². The summed E-state index contributed by atoms with van der Waals surface area (Å²) in [7, 11) is 7.46. The van der Waals surface area contributed by atoms with Crippen molar-refractivity contribution >= 4 is 5.96 Å². The lowest BCUT2D eigenvalue weighted by molar-refractivity contribution is 0.138. The van der Waals surface area contributed by atoms with Crippen LogP contribution in [-0.4, -0.2) is 78.6 Å². The molecule has 6 nitrogen and oxygen atoms in total. The summed E-state index contributed by atoms with van der Waals surface area (Å²) in [6, 6.07) is 0. The fraction of sp³-hybridized carbons (Fsp3) is 0.941. The zero-order valence-corrected chi connectivity index (χ0v) is 15.5. The number of methoxy groups -OCH3 is 2. The van der Waals surface area contributed by atoms with Gasteiger partial charge in [-0.2, -0.15) is 0 Å². The second-order valence-electron chi connectivity index (χ2n) is 6.60. The quantitative estimate of drug-likeness (QED) is 0.443. The van der Waals surface area contributed by atoms with Crippen molar-refractivity contribution in [2.24, 2.45) is 10.4 Å². The van der Waals surface area contributed by atoms with Crippen LogP contribution in [0.1, 0.15) is 32.1 Å². The Morgan fingerprint density at radius 1 is 1.09 bits per heavy atom. The number of hydrogen-bond acceptors (Lipinski definition) is 4. The van der Waals surface area contributed by atoms with Crippen LogP contribution >= 0.6 is 0 Å². The third kappa shape index (κ3) is 7.99. The van der Waals surface area contributed by atoms with Crippen molar-refractivity contribution in [3.8, 4) is 0 Å². The van der Waals surface area contributed by atoms with E-state index in [9.17, 15) is 0 Å². The molecule has 0 bridgehead atoms. The van der Waals surface area contributed by atoms with E-state index in [1.807, 2.05) is 7.05 Å². The Morgan fingerprint density at radius 2 is 1.78 bits per heavy atom. The smallest absolute Gasteiger partial charge is 0.191 e. The standard InChI is InChI=1S/C17H36N4O2/c1-18-16(19-10-11-21(2)12-14-23-4)20-15-17(9-13-22-3)7-5-6-8-17/h5-15H2,1-4H3,(H2,18,19,20). The van der Waals surface area contributed by atoms with Crippen molar-refractivity contribution in [2.45, 2.75) is 32.1 Å². The average molecular weight is 329 g/mol. The summed E-state index contributed by atoms with van der Waals surface area (Å²) in [6.45, 7) is 5.40. The molecule has 6 heteroatoms. The summed E-state index contributed by atoms with van der Waals surface area (Å²) in [5, 5.41) is 6.92. The van der Waals surface area contributed by atoms with Crippen molar-refractivity contribution in [3.05, 3.63) is 0 Å². The molecule has 0 aromatic carbocycles. The monoisotopic (exact) mass is 328 g/mol. The molecule has 0 aromatic heterocycles. The normalized spacial score (nSPS) is 17.7. The molecule has 0 spiro atoms. The molecule has 136 valence electrons. The number of guanidine groups is 1. The molecule has 0 amide bonds. The number of nitrogens with one attached hydrogen (secondary N) is 2. The molecule has 23 heavy (non-hydrogen) atoms. The zero-order valence-electron chi connectivity index (χ0n) is 15.5. The largest absolute Gasteiger partial charge is 0.385 e. The summed E-state index contributed by atoms with van der Waals surface area (Å²) in [5.41, 5.74) is 0.378. The average Bonchev–Trinajstić information content (AvgIpc) is 3.03. The summed E-state index contributed by atoms with van der Waals surface area (Å²) < 4.78 is 10.4. The van der Waals surface area contributed by atoms with Gasteiger partial charge in [0.15, 0.2) is 5.96 Å². The maximum atomic E-state index is 5.30. The van der Waals surface area contributed by atoms with Gasteiger partial charge in [0.25, 0.3) is 0 Å². The van der Waals surface area contributed by atoms with Crippen LogP contribution in [0.15, 0.2) is 4.99 Å². The molecule has 0 aliphatic heterocycles. The van der Waals surface area contributed by atoms with Gasteiger partial charge in [-0.3, -0.25) is 4.99 Å². The van der Waals surface area contributed by atoms with E-state index in [0.29, 0.717) is 5.41 Å². The molecule has 0 radical (unpaired) electrons. The zero-order chi connectivity index (χ0) is 17.0. The van der Waals surface area contributed by atoms with Gasteiger partial charge in [0.2, 0.25) is 0 Å². The van der Waals surface area contributed by atoms with Gasteiger partial charge < -0.3 is 25.0 Å². The summed E-state index contributed by atoms with van der Waals surface area (Å²) >= 11 is 0. The van der Waals surface area contributed by atoms with E-state index in [1.54, 1.807) is 14.2 Å². The minimum atomic E-state index is 0.378. The lowest BCUT2D eigenvalue weighted by Crippen LogP contribution is -2.45. The predicted molar refractivity (Wildman–Crippen MR) is 96.1 cm³/mol. The van der Waals surface area contributed by atoms with E-state index in [2.05, 4.69) is 27.6 Å². The molecule has 0 heterocycles. The van der Waals surface area contributed by atoms with Crippen LogP contribution < -0.4 is 10.6 Å². The molecule has 1 rings (SSSR count). The molecule has 2 N–H and O–H groups in total. The number of aliphatic imine (C=N–C) groups is 1. The van der Waals surface area contributed by atoms with Gasteiger partial charge in [0.1, 0.15) is 0 Å². The molecule has 0 aromatic rings. The first-order chi connectivity index (χ1) is 11.2. The Kier molecular flexibility index (Phi) is 10.2. The fourth-order valence-corrected chi connectivity index (χ4v) is 3.17. The van der Waals surface area contributed by atoms with Gasteiger partial charge in [-0.15, -0.1) is 0 Å². The van der Waals surface area contributed by atoms with E-state index in [0.717, 1.165) is 51.8 Å². The lowest BCUT2D eigenvalue weighted by atomic mass is 9.83. The summed E-state index contributed by atoms with van der Waals surface area (Å²) in [6.07, 6.45) is 6.39. The van der Waals surface area contributed by atoms with Crippen LogP contribution in [0.3, 0.4) is 0 Å². The molecule has 1 saturated carbocycles. The van der Waals surface area contributed by atoms with Crippen LogP contribution in [0.2, 0.25) is 0 Å². The van der Waals surface area contributed by atoms with Crippen molar-refractivity contribution in [1.82, 2.24) is 15.5 Å². The van der Waals surface area contributed by atoms with Gasteiger partial charge >= 0.3 is 0 Å². The molecular weight excluding hydrogens is 292 g/mol. The van der Waals surface area contributed by atoms with E-state index in [1.165, 1.54) is 25.7 Å². The molecule has 1 aliphatic carbocycles. The second-order valence-corrected chi connectivity index (χ2v) is 6.60. The van der Waals surface area contributed by atoms with E-state index in [4.69, 9.17) is 9.47 Å². The first-order valence-corrected chi connectivity index (χ1v) is 8.77. The van der Waals surface area contributed by atoms with Gasteiger partial charge in [-0.25, -0.2) is 0 Å². The Hall–Kier alpha value is -0.850. The van der Waals surface area contributed by atoms with Crippen molar-refractivity contribution in [2.75, 3.05) is 67.7 Å². The Bertz CT molecular complexity index is 331. The predicted octanol–water partition coefficient (Wildman–Crippen LogP) is 1.33. The SMILES string of the molecule is CN=C(NCCN(C)CCOC)NCC1(CCOC)CCCC1. The van der Waals surface area contributed by atoms with E-state index >= 15 is 0 Å². The minimum Gasteiger partial charge on any atom is -0.385 e. The molecule has 0 saturated heterocycles. The first kappa shape index (κ1) is 20.2. The highest BCUT2D eigenvalue weighted by molar-refractivity contribution is 5.79. The fourth-order valence-electron chi connectivity index (χ4n) is 3.17. The number of likely N-dealkylation sites (N-methyl/N-ethyl adjacent to an activating group) is 1. The Balaban J connectivity index is 2.29. The third-order valence-corrected chi connectivity index (χ3v) is 4.82.